The fraction of sp³-hybridized carbons (Fsp3) is 0.409. The van der Waals surface area contributed by atoms with Crippen molar-refractivity contribution in [3.8, 4) is 11.3 Å². The Morgan fingerprint density at radius 2 is 1.89 bits per heavy atom. The van der Waals surface area contributed by atoms with Crippen molar-refractivity contribution in [1.29, 1.82) is 0 Å². The van der Waals surface area contributed by atoms with Crippen LogP contribution in [0.4, 0.5) is 0 Å². The van der Waals surface area contributed by atoms with E-state index < -0.39 is 0 Å². The molecular weight excluding hydrogens is 340 g/mol. The van der Waals surface area contributed by atoms with E-state index in [4.69, 9.17) is 9.47 Å². The van der Waals surface area contributed by atoms with Crippen molar-refractivity contribution in [1.82, 2.24) is 9.55 Å². The molecule has 1 aliphatic rings. The average molecular weight is 368 g/mol. The molecule has 3 heterocycles. The number of aryl methyl sites for hydroxylation is 2. The molecule has 5 heteroatoms. The molecule has 0 bridgehead atoms. The summed E-state index contributed by atoms with van der Waals surface area (Å²) in [5.41, 5.74) is 4.96. The fourth-order valence-electron chi connectivity index (χ4n) is 3.42. The van der Waals surface area contributed by atoms with Crippen LogP contribution in [0.3, 0.4) is 0 Å². The Morgan fingerprint density at radius 1 is 1.15 bits per heavy atom. The van der Waals surface area contributed by atoms with Gasteiger partial charge in [-0.2, -0.15) is 0 Å². The van der Waals surface area contributed by atoms with Crippen LogP contribution in [0.15, 0.2) is 41.3 Å². The van der Waals surface area contributed by atoms with Crippen LogP contribution in [-0.2, 0) is 22.4 Å². The molecule has 0 aliphatic carbocycles. The summed E-state index contributed by atoms with van der Waals surface area (Å²) in [6, 6.07) is 10.4. The number of pyridine rings is 1. The van der Waals surface area contributed by atoms with Crippen molar-refractivity contribution in [3.63, 3.8) is 0 Å². The van der Waals surface area contributed by atoms with Crippen LogP contribution in [-0.4, -0.2) is 29.1 Å². The Labute approximate surface area is 159 Å². The zero-order valence-corrected chi connectivity index (χ0v) is 16.5. The maximum Gasteiger partial charge on any atom is 0.251 e. The molecule has 0 unspecified atom stereocenters. The highest BCUT2D eigenvalue weighted by Gasteiger charge is 2.17. The van der Waals surface area contributed by atoms with E-state index in [1.54, 1.807) is 0 Å². The van der Waals surface area contributed by atoms with E-state index >= 15 is 0 Å². The molecule has 0 spiro atoms. The highest BCUT2D eigenvalue weighted by Crippen LogP contribution is 2.27. The Hall–Kier alpha value is -2.37. The molecule has 5 nitrogen and oxygen atoms in total. The Bertz CT molecular complexity index is 965. The lowest BCUT2D eigenvalue weighted by Gasteiger charge is -2.12. The lowest BCUT2D eigenvalue weighted by molar-refractivity contribution is -0.0517. The van der Waals surface area contributed by atoms with Crippen molar-refractivity contribution in [2.75, 3.05) is 13.2 Å². The molecule has 1 aromatic carbocycles. The molecule has 1 fully saturated rings. The van der Waals surface area contributed by atoms with Crippen molar-refractivity contribution in [3.05, 3.63) is 58.0 Å². The number of H-pyrrole nitrogens is 1. The number of hydrogen-bond acceptors (Lipinski definition) is 3. The molecule has 0 radical (unpaired) electrons. The first-order chi connectivity index (χ1) is 13.2. The second-order valence-corrected chi connectivity index (χ2v) is 6.45. The number of hydrogen-bond donors (Lipinski definition) is 1. The van der Waals surface area contributed by atoms with Gasteiger partial charge in [0.1, 0.15) is 0 Å². The third-order valence-electron chi connectivity index (χ3n) is 4.79. The van der Waals surface area contributed by atoms with Gasteiger partial charge in [-0.3, -0.25) is 4.79 Å². The monoisotopic (exact) mass is 368 g/mol. The molecule has 0 atom stereocenters. The second kappa shape index (κ2) is 8.55. The normalized spacial score (nSPS) is 14.4. The average Bonchev–Trinajstić information content (AvgIpc) is 3.35. The third-order valence-corrected chi connectivity index (χ3v) is 4.79. The first-order valence-corrected chi connectivity index (χ1v) is 9.71. The van der Waals surface area contributed by atoms with Gasteiger partial charge in [0.15, 0.2) is 6.29 Å². The molecule has 1 aliphatic heterocycles. The van der Waals surface area contributed by atoms with Crippen molar-refractivity contribution in [2.24, 2.45) is 0 Å². The number of nitrogens with zero attached hydrogens (tertiary/aromatic N) is 1. The van der Waals surface area contributed by atoms with Crippen LogP contribution in [0.1, 0.15) is 31.9 Å². The van der Waals surface area contributed by atoms with Gasteiger partial charge in [-0.05, 0) is 48.7 Å². The van der Waals surface area contributed by atoms with Crippen LogP contribution >= 0.6 is 0 Å². The SMILES string of the molecule is CC.CCc1cc(C)c(=O)[nH]c1-c1ccc2c(ccn2CC2OCCO2)c1. The maximum absolute atomic E-state index is 12.1. The van der Waals surface area contributed by atoms with Crippen molar-refractivity contribution in [2.45, 2.75) is 47.0 Å². The van der Waals surface area contributed by atoms with Gasteiger partial charge in [-0.1, -0.05) is 26.8 Å². The molecule has 2 aromatic heterocycles. The summed E-state index contributed by atoms with van der Waals surface area (Å²) in [6.45, 7) is 9.96. The molecule has 1 saturated heterocycles. The van der Waals surface area contributed by atoms with Gasteiger partial charge in [0.2, 0.25) is 0 Å². The largest absolute Gasteiger partial charge is 0.348 e. The molecular formula is C22H28N2O3. The van der Waals surface area contributed by atoms with Gasteiger partial charge in [-0.25, -0.2) is 0 Å². The van der Waals surface area contributed by atoms with Crippen LogP contribution in [0.25, 0.3) is 22.2 Å². The summed E-state index contributed by atoms with van der Waals surface area (Å²) in [6.07, 6.45) is 2.76. The minimum atomic E-state index is -0.171. The molecule has 3 aromatic rings. The first kappa shape index (κ1) is 19.4. The van der Waals surface area contributed by atoms with E-state index in [-0.39, 0.29) is 11.8 Å². The maximum atomic E-state index is 12.1. The quantitative estimate of drug-likeness (QED) is 0.748. The lowest BCUT2D eigenvalue weighted by Crippen LogP contribution is -2.16. The Balaban J connectivity index is 0.00000102. The molecule has 1 N–H and O–H groups in total. The summed E-state index contributed by atoms with van der Waals surface area (Å²) in [4.78, 5) is 15.1. The highest BCUT2D eigenvalue weighted by atomic mass is 16.7. The standard InChI is InChI=1S/C20H22N2O3.C2H6/c1-3-14-10-13(2)20(23)21-19(14)16-4-5-17-15(11-16)6-7-22(17)12-18-24-8-9-25-18;1-2/h4-7,10-11,18H,3,8-9,12H2,1-2H3,(H,21,23);1-2H3. The van der Waals surface area contributed by atoms with E-state index in [1.807, 2.05) is 26.8 Å². The first-order valence-electron chi connectivity index (χ1n) is 9.71. The van der Waals surface area contributed by atoms with Gasteiger partial charge in [-0.15, -0.1) is 0 Å². The molecule has 0 amide bonds. The predicted molar refractivity (Wildman–Crippen MR) is 109 cm³/mol. The summed E-state index contributed by atoms with van der Waals surface area (Å²) >= 11 is 0. The van der Waals surface area contributed by atoms with Crippen LogP contribution < -0.4 is 5.56 Å². The molecule has 4 rings (SSSR count). The fourth-order valence-corrected chi connectivity index (χ4v) is 3.42. The van der Waals surface area contributed by atoms with E-state index in [1.165, 1.54) is 0 Å². The number of ether oxygens (including phenoxy) is 2. The summed E-state index contributed by atoms with van der Waals surface area (Å²) in [5.74, 6) is 0. The topological polar surface area (TPSA) is 56.2 Å². The summed E-state index contributed by atoms with van der Waals surface area (Å²) in [7, 11) is 0. The third kappa shape index (κ3) is 3.99. The van der Waals surface area contributed by atoms with Gasteiger partial charge in [0.25, 0.3) is 5.56 Å². The number of nitrogens with one attached hydrogen (secondary N) is 1. The van der Waals surface area contributed by atoms with Crippen LogP contribution in [0.2, 0.25) is 0 Å². The second-order valence-electron chi connectivity index (χ2n) is 6.45. The van der Waals surface area contributed by atoms with Gasteiger partial charge < -0.3 is 19.0 Å². The molecule has 0 saturated carbocycles. The molecule has 144 valence electrons. The van der Waals surface area contributed by atoms with E-state index in [0.717, 1.165) is 39.7 Å². The summed E-state index contributed by atoms with van der Waals surface area (Å²) in [5, 5.41) is 1.14. The van der Waals surface area contributed by atoms with E-state index in [9.17, 15) is 4.79 Å². The minimum Gasteiger partial charge on any atom is -0.348 e. The number of rotatable bonds is 4. The zero-order chi connectivity index (χ0) is 19.4. The van der Waals surface area contributed by atoms with Crippen molar-refractivity contribution >= 4 is 10.9 Å². The predicted octanol–water partition coefficient (Wildman–Crippen LogP) is 4.27. The smallest absolute Gasteiger partial charge is 0.251 e. The van der Waals surface area contributed by atoms with Crippen LogP contribution in [0.5, 0.6) is 0 Å². The highest BCUT2D eigenvalue weighted by molar-refractivity contribution is 5.85. The number of fused-ring (bicyclic) bond motifs is 1. The van der Waals surface area contributed by atoms with Gasteiger partial charge in [0, 0.05) is 22.7 Å². The Morgan fingerprint density at radius 3 is 2.59 bits per heavy atom. The lowest BCUT2D eigenvalue weighted by atomic mass is 10.0. The minimum absolute atomic E-state index is 0.0274. The Kier molecular flexibility index (Phi) is 6.14. The number of benzene rings is 1. The van der Waals surface area contributed by atoms with Crippen LogP contribution in [0, 0.1) is 6.92 Å². The van der Waals surface area contributed by atoms with E-state index in [0.29, 0.717) is 19.8 Å². The number of aromatic amines is 1. The molecule has 27 heavy (non-hydrogen) atoms. The summed E-state index contributed by atoms with van der Waals surface area (Å²) < 4.78 is 13.2. The van der Waals surface area contributed by atoms with E-state index in [2.05, 4.69) is 46.9 Å². The van der Waals surface area contributed by atoms with Gasteiger partial charge >= 0.3 is 0 Å². The number of aromatic nitrogens is 2. The van der Waals surface area contributed by atoms with Gasteiger partial charge in [0.05, 0.1) is 25.5 Å². The van der Waals surface area contributed by atoms with Crippen molar-refractivity contribution < 1.29 is 9.47 Å². The zero-order valence-electron chi connectivity index (χ0n) is 16.5.